The Labute approximate surface area is 152 Å². The molecule has 0 radical (unpaired) electrons. The molecule has 2 aliphatic heterocycles. The molecule has 1 unspecified atom stereocenters. The van der Waals surface area contributed by atoms with Crippen molar-refractivity contribution in [2.24, 2.45) is 0 Å². The second kappa shape index (κ2) is 6.82. The van der Waals surface area contributed by atoms with E-state index in [9.17, 15) is 9.59 Å². The number of amides is 2. The average molecular weight is 364 g/mol. The van der Waals surface area contributed by atoms with Gasteiger partial charge in [0, 0.05) is 19.3 Å². The van der Waals surface area contributed by atoms with Crippen LogP contribution >= 0.6 is 11.8 Å². The van der Waals surface area contributed by atoms with E-state index in [0.29, 0.717) is 30.4 Å². The summed E-state index contributed by atoms with van der Waals surface area (Å²) < 4.78 is 5.47. The summed E-state index contributed by atoms with van der Waals surface area (Å²) in [6.45, 7) is 7.21. The molecule has 0 bridgehead atoms. The lowest BCUT2D eigenvalue weighted by molar-refractivity contribution is 0.0106. The molecule has 7 nitrogen and oxygen atoms in total. The molecule has 3 rings (SSSR count). The fraction of sp³-hybridized carbons (Fsp3) is 0.647. The van der Waals surface area contributed by atoms with Gasteiger partial charge in [-0.05, 0) is 39.9 Å². The number of carbonyl (C=O) groups excluding carboxylic acids is 2. The van der Waals surface area contributed by atoms with Gasteiger partial charge in [-0.1, -0.05) is 11.8 Å². The Morgan fingerprint density at radius 3 is 2.84 bits per heavy atom. The lowest BCUT2D eigenvalue weighted by Crippen LogP contribution is -2.50. The topological polar surface area (TPSA) is 75.6 Å². The predicted octanol–water partition coefficient (Wildman–Crippen LogP) is 2.55. The van der Waals surface area contributed by atoms with E-state index in [1.54, 1.807) is 11.1 Å². The van der Waals surface area contributed by atoms with E-state index in [1.165, 1.54) is 11.8 Å². The van der Waals surface area contributed by atoms with E-state index in [0.717, 1.165) is 18.5 Å². The van der Waals surface area contributed by atoms with Crippen molar-refractivity contribution in [3.05, 3.63) is 17.5 Å². The van der Waals surface area contributed by atoms with Gasteiger partial charge < -0.3 is 14.5 Å². The van der Waals surface area contributed by atoms with Crippen molar-refractivity contribution in [1.29, 1.82) is 0 Å². The zero-order valence-electron chi connectivity index (χ0n) is 15.1. The third-order valence-electron chi connectivity index (χ3n) is 4.33. The van der Waals surface area contributed by atoms with Crippen LogP contribution in [0.3, 0.4) is 0 Å². The number of likely N-dealkylation sites (tertiary alicyclic amines) is 1. The van der Waals surface area contributed by atoms with Crippen LogP contribution in [-0.2, 0) is 11.3 Å². The summed E-state index contributed by atoms with van der Waals surface area (Å²) in [5.41, 5.74) is 0.832. The van der Waals surface area contributed by atoms with Gasteiger partial charge in [-0.3, -0.25) is 4.79 Å². The minimum absolute atomic E-state index is 0.0132. The number of fused-ring (bicyclic) bond motifs is 1. The van der Waals surface area contributed by atoms with Crippen LogP contribution in [0.25, 0.3) is 0 Å². The summed E-state index contributed by atoms with van der Waals surface area (Å²) in [4.78, 5) is 37.2. The second-order valence-corrected chi connectivity index (χ2v) is 8.15. The maximum atomic E-state index is 12.7. The lowest BCUT2D eigenvalue weighted by Gasteiger charge is -2.37. The maximum Gasteiger partial charge on any atom is 0.410 e. The van der Waals surface area contributed by atoms with Crippen LogP contribution in [0.2, 0.25) is 0 Å². The summed E-state index contributed by atoms with van der Waals surface area (Å²) in [6, 6.07) is -0.0132. The number of piperidine rings is 1. The van der Waals surface area contributed by atoms with Crippen molar-refractivity contribution in [1.82, 2.24) is 19.8 Å². The molecule has 0 saturated carbocycles. The summed E-state index contributed by atoms with van der Waals surface area (Å²) in [6.07, 6.45) is 4.94. The first-order valence-electron chi connectivity index (χ1n) is 8.47. The van der Waals surface area contributed by atoms with Gasteiger partial charge in [0.05, 0.1) is 23.8 Å². The average Bonchev–Trinajstić information content (AvgIpc) is 2.89. The number of nitrogens with zero attached hydrogens (tertiary/aromatic N) is 4. The van der Waals surface area contributed by atoms with Crippen molar-refractivity contribution < 1.29 is 14.3 Å². The van der Waals surface area contributed by atoms with Gasteiger partial charge in [-0.25, -0.2) is 14.8 Å². The zero-order valence-corrected chi connectivity index (χ0v) is 15.9. The maximum absolute atomic E-state index is 12.7. The first-order valence-corrected chi connectivity index (χ1v) is 9.70. The lowest BCUT2D eigenvalue weighted by atomic mass is 10.0. The minimum Gasteiger partial charge on any atom is -0.444 e. The number of hydrogen-bond acceptors (Lipinski definition) is 6. The Hall–Kier alpha value is -1.83. The fourth-order valence-electron chi connectivity index (χ4n) is 3.18. The molecule has 0 N–H and O–H groups in total. The van der Waals surface area contributed by atoms with E-state index in [-0.39, 0.29) is 18.0 Å². The van der Waals surface area contributed by atoms with Crippen LogP contribution in [0, 0.1) is 0 Å². The molecule has 2 amide bonds. The number of aromatic nitrogens is 2. The highest BCUT2D eigenvalue weighted by Crippen LogP contribution is 2.28. The number of ether oxygens (including phenoxy) is 1. The molecule has 1 saturated heterocycles. The Morgan fingerprint density at radius 1 is 1.40 bits per heavy atom. The Bertz CT molecular complexity index is 689. The number of carbonyl (C=O) groups is 2. The van der Waals surface area contributed by atoms with Crippen molar-refractivity contribution in [3.8, 4) is 0 Å². The van der Waals surface area contributed by atoms with Gasteiger partial charge in [0.25, 0.3) is 5.91 Å². The van der Waals surface area contributed by atoms with Gasteiger partial charge in [0.15, 0.2) is 5.16 Å². The third-order valence-corrected chi connectivity index (χ3v) is 4.89. The van der Waals surface area contributed by atoms with Crippen LogP contribution in [0.15, 0.2) is 11.4 Å². The Kier molecular flexibility index (Phi) is 4.90. The first-order chi connectivity index (χ1) is 11.8. The molecule has 8 heteroatoms. The highest BCUT2D eigenvalue weighted by atomic mass is 32.2. The molecule has 0 aliphatic carbocycles. The second-order valence-electron chi connectivity index (χ2n) is 7.37. The van der Waals surface area contributed by atoms with E-state index in [1.807, 2.05) is 31.9 Å². The molecular weight excluding hydrogens is 340 g/mol. The quantitative estimate of drug-likeness (QED) is 0.593. The minimum atomic E-state index is -0.520. The standard InChI is InChI=1S/C17H24N4O3S/c1-17(2,3)24-16(23)20-7-5-6-11(9-20)21-10-13-12(14(21)22)8-18-15(19-13)25-4/h8,11H,5-7,9-10H2,1-4H3. The van der Waals surface area contributed by atoms with E-state index in [4.69, 9.17) is 4.74 Å². The molecule has 0 spiro atoms. The molecule has 3 heterocycles. The third kappa shape index (κ3) is 3.89. The normalized spacial score (nSPS) is 20.6. The van der Waals surface area contributed by atoms with Crippen molar-refractivity contribution in [2.45, 2.75) is 57.0 Å². The molecule has 1 fully saturated rings. The summed E-state index contributed by atoms with van der Waals surface area (Å²) in [5, 5.41) is 0.674. The van der Waals surface area contributed by atoms with Crippen molar-refractivity contribution in [2.75, 3.05) is 19.3 Å². The van der Waals surface area contributed by atoms with E-state index >= 15 is 0 Å². The van der Waals surface area contributed by atoms with Crippen LogP contribution < -0.4 is 0 Å². The van der Waals surface area contributed by atoms with Crippen LogP contribution in [0.1, 0.15) is 49.7 Å². The van der Waals surface area contributed by atoms with E-state index < -0.39 is 5.60 Å². The smallest absolute Gasteiger partial charge is 0.410 e. The highest BCUT2D eigenvalue weighted by molar-refractivity contribution is 7.98. The number of thioether (sulfide) groups is 1. The van der Waals surface area contributed by atoms with E-state index in [2.05, 4.69) is 9.97 Å². The van der Waals surface area contributed by atoms with Crippen molar-refractivity contribution in [3.63, 3.8) is 0 Å². The fourth-order valence-corrected chi connectivity index (χ4v) is 3.54. The number of hydrogen-bond donors (Lipinski definition) is 0. The van der Waals surface area contributed by atoms with Gasteiger partial charge in [-0.15, -0.1) is 0 Å². The van der Waals surface area contributed by atoms with Gasteiger partial charge in [0.2, 0.25) is 0 Å². The highest BCUT2D eigenvalue weighted by Gasteiger charge is 2.37. The summed E-state index contributed by atoms with van der Waals surface area (Å²) in [7, 11) is 0. The predicted molar refractivity (Wildman–Crippen MR) is 94.5 cm³/mol. The number of rotatable bonds is 2. The summed E-state index contributed by atoms with van der Waals surface area (Å²) >= 11 is 1.46. The molecule has 25 heavy (non-hydrogen) atoms. The SMILES string of the molecule is CSc1ncc2c(n1)CN(C1CCCN(C(=O)OC(C)(C)C)C1)C2=O. The molecule has 1 aromatic rings. The van der Waals surface area contributed by atoms with Gasteiger partial charge in [0.1, 0.15) is 5.60 Å². The molecule has 0 aromatic carbocycles. The zero-order chi connectivity index (χ0) is 18.2. The van der Waals surface area contributed by atoms with Crippen molar-refractivity contribution >= 4 is 23.8 Å². The molecule has 1 atom stereocenters. The molecule has 136 valence electrons. The van der Waals surface area contributed by atoms with Gasteiger partial charge in [-0.2, -0.15) is 0 Å². The molecule has 1 aromatic heterocycles. The van der Waals surface area contributed by atoms with Gasteiger partial charge >= 0.3 is 6.09 Å². The Balaban J connectivity index is 1.70. The summed E-state index contributed by atoms with van der Waals surface area (Å²) in [5.74, 6) is -0.0429. The Morgan fingerprint density at radius 2 is 2.16 bits per heavy atom. The monoisotopic (exact) mass is 364 g/mol. The van der Waals surface area contributed by atoms with Crippen LogP contribution in [-0.4, -0.2) is 62.8 Å². The van der Waals surface area contributed by atoms with Crippen LogP contribution in [0.4, 0.5) is 4.79 Å². The van der Waals surface area contributed by atoms with Crippen LogP contribution in [0.5, 0.6) is 0 Å². The molecular formula is C17H24N4O3S. The first kappa shape index (κ1) is 18.0. The molecule has 2 aliphatic rings. The largest absolute Gasteiger partial charge is 0.444 e.